The van der Waals surface area contributed by atoms with Gasteiger partial charge in [0.2, 0.25) is 0 Å². The number of hydrogen-bond acceptors (Lipinski definition) is 2. The van der Waals surface area contributed by atoms with Crippen molar-refractivity contribution < 1.29 is 4.21 Å². The minimum atomic E-state index is -0.685. The van der Waals surface area contributed by atoms with Gasteiger partial charge in [0, 0.05) is 22.6 Å². The van der Waals surface area contributed by atoms with Crippen LogP contribution in [0.3, 0.4) is 0 Å². The molecule has 0 radical (unpaired) electrons. The lowest BCUT2D eigenvalue weighted by Gasteiger charge is -2.24. The Morgan fingerprint density at radius 2 is 2.17 bits per heavy atom. The third kappa shape index (κ3) is 2.26. The Labute approximate surface area is 112 Å². The van der Waals surface area contributed by atoms with Gasteiger partial charge in [0.15, 0.2) is 0 Å². The zero-order valence-electron chi connectivity index (χ0n) is 10.9. The summed E-state index contributed by atoms with van der Waals surface area (Å²) >= 11 is 0. The van der Waals surface area contributed by atoms with Crippen LogP contribution in [-0.2, 0) is 17.2 Å². The second-order valence-electron chi connectivity index (χ2n) is 5.67. The summed E-state index contributed by atoms with van der Waals surface area (Å²) in [5.74, 6) is 1.38. The molecule has 0 spiro atoms. The standard InChI is InChI=1S/C15H21NOS/c1-11-9-16-15-13-7-3-2-5-12(13)6-4-8-14(15)18(17)10-11/h2-3,5,7,11,14-16H,4,6,8-10H2,1H3. The van der Waals surface area contributed by atoms with Crippen molar-refractivity contribution in [3.63, 3.8) is 0 Å². The van der Waals surface area contributed by atoms with Crippen molar-refractivity contribution in [1.82, 2.24) is 5.32 Å². The van der Waals surface area contributed by atoms with Gasteiger partial charge in [-0.25, -0.2) is 0 Å². The van der Waals surface area contributed by atoms with Gasteiger partial charge in [0.1, 0.15) is 0 Å². The van der Waals surface area contributed by atoms with Crippen LogP contribution >= 0.6 is 0 Å². The summed E-state index contributed by atoms with van der Waals surface area (Å²) < 4.78 is 12.5. The van der Waals surface area contributed by atoms with Gasteiger partial charge in [-0.3, -0.25) is 4.21 Å². The highest BCUT2D eigenvalue weighted by atomic mass is 32.2. The van der Waals surface area contributed by atoms with E-state index in [4.69, 9.17) is 0 Å². The van der Waals surface area contributed by atoms with E-state index in [0.717, 1.165) is 25.1 Å². The summed E-state index contributed by atoms with van der Waals surface area (Å²) in [5, 5.41) is 3.97. The normalized spacial score (nSPS) is 36.1. The Kier molecular flexibility index (Phi) is 3.53. The van der Waals surface area contributed by atoms with Crippen molar-refractivity contribution in [2.75, 3.05) is 12.3 Å². The highest BCUT2D eigenvalue weighted by molar-refractivity contribution is 7.85. The molecule has 1 N–H and O–H groups in total. The van der Waals surface area contributed by atoms with E-state index in [1.54, 1.807) is 0 Å². The fourth-order valence-electron chi connectivity index (χ4n) is 3.24. The molecule has 0 amide bonds. The third-order valence-electron chi connectivity index (χ3n) is 4.17. The van der Waals surface area contributed by atoms with E-state index in [0.29, 0.717) is 17.2 Å². The van der Waals surface area contributed by atoms with Crippen LogP contribution < -0.4 is 5.32 Å². The number of aryl methyl sites for hydroxylation is 1. The predicted octanol–water partition coefficient (Wildman–Crippen LogP) is 2.42. The van der Waals surface area contributed by atoms with E-state index >= 15 is 0 Å². The summed E-state index contributed by atoms with van der Waals surface area (Å²) in [7, 11) is -0.685. The lowest BCUT2D eigenvalue weighted by Crippen LogP contribution is -2.32. The summed E-state index contributed by atoms with van der Waals surface area (Å²) in [6.45, 7) is 3.18. The molecule has 0 bridgehead atoms. The maximum atomic E-state index is 12.5. The molecule has 1 saturated heterocycles. The van der Waals surface area contributed by atoms with Crippen LogP contribution in [-0.4, -0.2) is 21.8 Å². The molecule has 18 heavy (non-hydrogen) atoms. The minimum absolute atomic E-state index is 0.300. The average Bonchev–Trinajstić information content (AvgIpc) is 2.62. The Morgan fingerprint density at radius 3 is 3.06 bits per heavy atom. The van der Waals surface area contributed by atoms with Gasteiger partial charge in [0.05, 0.1) is 5.25 Å². The molecule has 2 aliphatic rings. The number of rotatable bonds is 0. The van der Waals surface area contributed by atoms with Gasteiger partial charge in [-0.15, -0.1) is 0 Å². The Hall–Kier alpha value is -0.670. The van der Waals surface area contributed by atoms with Crippen LogP contribution in [0.2, 0.25) is 0 Å². The number of fused-ring (bicyclic) bond motifs is 3. The van der Waals surface area contributed by atoms with Crippen LogP contribution in [0.25, 0.3) is 0 Å². The van der Waals surface area contributed by atoms with Gasteiger partial charge < -0.3 is 5.32 Å². The second-order valence-corrected chi connectivity index (χ2v) is 7.37. The largest absolute Gasteiger partial charge is 0.309 e. The highest BCUT2D eigenvalue weighted by Gasteiger charge is 2.34. The number of hydrogen-bond donors (Lipinski definition) is 1. The molecule has 4 atom stereocenters. The predicted molar refractivity (Wildman–Crippen MR) is 76.1 cm³/mol. The lowest BCUT2D eigenvalue weighted by molar-refractivity contribution is 0.473. The smallest absolute Gasteiger partial charge is 0.0543 e. The molecule has 1 aromatic carbocycles. The molecule has 4 unspecified atom stereocenters. The topological polar surface area (TPSA) is 29.1 Å². The zero-order valence-corrected chi connectivity index (χ0v) is 11.7. The van der Waals surface area contributed by atoms with Gasteiger partial charge in [-0.05, 0) is 42.9 Å². The van der Waals surface area contributed by atoms with Crippen molar-refractivity contribution in [1.29, 1.82) is 0 Å². The van der Waals surface area contributed by atoms with E-state index in [1.165, 1.54) is 17.5 Å². The molecule has 1 fully saturated rings. The fourth-order valence-corrected chi connectivity index (χ4v) is 5.14. The van der Waals surface area contributed by atoms with E-state index in [9.17, 15) is 4.21 Å². The molecule has 3 rings (SSSR count). The van der Waals surface area contributed by atoms with Crippen molar-refractivity contribution in [2.24, 2.45) is 5.92 Å². The molecule has 1 heterocycles. The summed E-state index contributed by atoms with van der Waals surface area (Å²) in [6, 6.07) is 8.99. The molecular weight excluding hydrogens is 242 g/mol. The molecule has 1 aliphatic heterocycles. The van der Waals surface area contributed by atoms with Crippen LogP contribution in [0.5, 0.6) is 0 Å². The summed E-state index contributed by atoms with van der Waals surface area (Å²) in [6.07, 6.45) is 3.39. The van der Waals surface area contributed by atoms with E-state index in [2.05, 4.69) is 36.5 Å². The highest BCUT2D eigenvalue weighted by Crippen LogP contribution is 2.33. The van der Waals surface area contributed by atoms with Crippen LogP contribution in [0.15, 0.2) is 24.3 Å². The quantitative estimate of drug-likeness (QED) is 0.779. The van der Waals surface area contributed by atoms with E-state index in [-0.39, 0.29) is 0 Å². The second kappa shape index (κ2) is 5.14. The first-order chi connectivity index (χ1) is 8.75. The first kappa shape index (κ1) is 12.4. The molecule has 1 aliphatic carbocycles. The van der Waals surface area contributed by atoms with Crippen molar-refractivity contribution >= 4 is 10.8 Å². The summed E-state index contributed by atoms with van der Waals surface area (Å²) in [4.78, 5) is 0. The monoisotopic (exact) mass is 263 g/mol. The van der Waals surface area contributed by atoms with Crippen LogP contribution in [0.1, 0.15) is 36.9 Å². The summed E-state index contributed by atoms with van der Waals surface area (Å²) in [5.41, 5.74) is 2.84. The first-order valence-corrected chi connectivity index (χ1v) is 8.32. The SMILES string of the molecule is CC1CNC2c3ccccc3CCCC2S(=O)C1. The number of benzene rings is 1. The third-order valence-corrected chi connectivity index (χ3v) is 6.25. The van der Waals surface area contributed by atoms with Gasteiger partial charge in [-0.1, -0.05) is 31.2 Å². The van der Waals surface area contributed by atoms with Crippen molar-refractivity contribution in [3.8, 4) is 0 Å². The zero-order chi connectivity index (χ0) is 12.5. The van der Waals surface area contributed by atoms with Gasteiger partial charge in [-0.2, -0.15) is 0 Å². The lowest BCUT2D eigenvalue weighted by atomic mass is 9.98. The van der Waals surface area contributed by atoms with Crippen LogP contribution in [0, 0.1) is 5.92 Å². The van der Waals surface area contributed by atoms with E-state index in [1.807, 2.05) is 0 Å². The molecule has 1 aromatic rings. The maximum Gasteiger partial charge on any atom is 0.0543 e. The van der Waals surface area contributed by atoms with E-state index < -0.39 is 10.8 Å². The average molecular weight is 263 g/mol. The molecule has 98 valence electrons. The number of nitrogens with one attached hydrogen (secondary N) is 1. The molecule has 3 heteroatoms. The van der Waals surface area contributed by atoms with Gasteiger partial charge in [0.25, 0.3) is 0 Å². The first-order valence-electron chi connectivity index (χ1n) is 6.94. The molecule has 0 saturated carbocycles. The molecular formula is C15H21NOS. The van der Waals surface area contributed by atoms with Crippen molar-refractivity contribution in [2.45, 2.75) is 37.5 Å². The van der Waals surface area contributed by atoms with Gasteiger partial charge >= 0.3 is 0 Å². The Morgan fingerprint density at radius 1 is 1.33 bits per heavy atom. The Balaban J connectivity index is 2.00. The fraction of sp³-hybridized carbons (Fsp3) is 0.600. The van der Waals surface area contributed by atoms with Crippen molar-refractivity contribution in [3.05, 3.63) is 35.4 Å². The van der Waals surface area contributed by atoms with Crippen LogP contribution in [0.4, 0.5) is 0 Å². The molecule has 2 nitrogen and oxygen atoms in total. The molecule has 0 aromatic heterocycles. The Bertz CT molecular complexity index is 460. The minimum Gasteiger partial charge on any atom is -0.309 e. The maximum absolute atomic E-state index is 12.5.